The molecule has 0 aliphatic heterocycles. The summed E-state index contributed by atoms with van der Waals surface area (Å²) in [4.78, 5) is 17.1. The van der Waals surface area contributed by atoms with E-state index in [1.54, 1.807) is 17.7 Å². The molecule has 0 fully saturated rings. The van der Waals surface area contributed by atoms with Crippen LogP contribution in [0.25, 0.3) is 31.7 Å². The highest BCUT2D eigenvalue weighted by molar-refractivity contribution is 7.26. The third kappa shape index (κ3) is 3.06. The lowest BCUT2D eigenvalue weighted by Gasteiger charge is -2.21. The SMILES string of the molecule is OCCN(CCO)c1ncnc2c1sc1nc(-c3ccccc3)c3c(c12)CCC3. The molecule has 1 aliphatic carbocycles. The first-order chi connectivity index (χ1) is 14.3. The van der Waals surface area contributed by atoms with Crippen molar-refractivity contribution >= 4 is 37.6 Å². The molecule has 3 heterocycles. The Bertz CT molecular complexity index is 1170. The predicted octanol–water partition coefficient (Wildman–Crippen LogP) is 3.19. The molecule has 2 N–H and O–H groups in total. The normalized spacial score (nSPS) is 13.3. The van der Waals surface area contributed by atoms with Crippen LogP contribution >= 0.6 is 11.3 Å². The van der Waals surface area contributed by atoms with Crippen LogP contribution in [0, 0.1) is 0 Å². The maximum Gasteiger partial charge on any atom is 0.150 e. The number of nitrogens with zero attached hydrogens (tertiary/aromatic N) is 4. The average molecular weight is 407 g/mol. The largest absolute Gasteiger partial charge is 0.395 e. The molecule has 7 heteroatoms. The van der Waals surface area contributed by atoms with E-state index in [1.807, 2.05) is 11.0 Å². The molecule has 3 aromatic heterocycles. The van der Waals surface area contributed by atoms with E-state index in [2.05, 4.69) is 34.2 Å². The van der Waals surface area contributed by atoms with Gasteiger partial charge in [0.2, 0.25) is 0 Å². The lowest BCUT2D eigenvalue weighted by molar-refractivity contribution is 0.281. The summed E-state index contributed by atoms with van der Waals surface area (Å²) in [5, 5.41) is 20.0. The van der Waals surface area contributed by atoms with Crippen LogP contribution in [-0.2, 0) is 12.8 Å². The molecule has 1 aromatic carbocycles. The molecule has 0 atom stereocenters. The fourth-order valence-corrected chi connectivity index (χ4v) is 5.49. The van der Waals surface area contributed by atoms with Crippen molar-refractivity contribution in [1.82, 2.24) is 15.0 Å². The topological polar surface area (TPSA) is 82.4 Å². The molecular formula is C22H22N4O2S. The predicted molar refractivity (Wildman–Crippen MR) is 117 cm³/mol. The first-order valence-electron chi connectivity index (χ1n) is 9.93. The molecule has 4 aromatic rings. The van der Waals surface area contributed by atoms with E-state index in [-0.39, 0.29) is 13.2 Å². The summed E-state index contributed by atoms with van der Waals surface area (Å²) in [5.74, 6) is 0.758. The first kappa shape index (κ1) is 18.4. The quantitative estimate of drug-likeness (QED) is 0.512. The Morgan fingerprint density at radius 1 is 0.966 bits per heavy atom. The summed E-state index contributed by atoms with van der Waals surface area (Å²) in [5.41, 5.74) is 5.86. The Kier molecular flexibility index (Phi) is 4.87. The second-order valence-electron chi connectivity index (χ2n) is 7.23. The summed E-state index contributed by atoms with van der Waals surface area (Å²) in [6, 6.07) is 10.4. The third-order valence-corrected chi connectivity index (χ3v) is 6.61. The van der Waals surface area contributed by atoms with Crippen LogP contribution in [0.4, 0.5) is 5.82 Å². The third-order valence-electron chi connectivity index (χ3n) is 5.54. The average Bonchev–Trinajstić information content (AvgIpc) is 3.37. The molecule has 0 saturated heterocycles. The Morgan fingerprint density at radius 2 is 1.72 bits per heavy atom. The molecule has 0 radical (unpaired) electrons. The summed E-state index contributed by atoms with van der Waals surface area (Å²) in [7, 11) is 0. The van der Waals surface area contributed by atoms with Crippen molar-refractivity contribution in [1.29, 1.82) is 0 Å². The Balaban J connectivity index is 1.77. The molecule has 148 valence electrons. The van der Waals surface area contributed by atoms with Gasteiger partial charge >= 0.3 is 0 Å². The fraction of sp³-hybridized carbons (Fsp3) is 0.318. The molecule has 5 rings (SSSR count). The second kappa shape index (κ2) is 7.67. The minimum absolute atomic E-state index is 0.00218. The Morgan fingerprint density at radius 3 is 2.48 bits per heavy atom. The molecule has 0 spiro atoms. The number of pyridine rings is 1. The molecule has 0 bridgehead atoms. The van der Waals surface area contributed by atoms with E-state index in [1.165, 1.54) is 11.1 Å². The number of aliphatic hydroxyl groups excluding tert-OH is 2. The fourth-order valence-electron chi connectivity index (χ4n) is 4.31. The van der Waals surface area contributed by atoms with Crippen LogP contribution in [0.5, 0.6) is 0 Å². The van der Waals surface area contributed by atoms with Gasteiger partial charge in [0, 0.05) is 24.0 Å². The Labute approximate surface area is 172 Å². The maximum absolute atomic E-state index is 9.45. The van der Waals surface area contributed by atoms with E-state index < -0.39 is 0 Å². The molecule has 29 heavy (non-hydrogen) atoms. The van der Waals surface area contributed by atoms with Gasteiger partial charge in [0.05, 0.1) is 29.1 Å². The summed E-state index contributed by atoms with van der Waals surface area (Å²) in [6.45, 7) is 0.841. The number of aliphatic hydroxyl groups is 2. The molecule has 6 nitrogen and oxygen atoms in total. The molecule has 1 aliphatic rings. The number of fused-ring (bicyclic) bond motifs is 5. The van der Waals surface area contributed by atoms with Gasteiger partial charge < -0.3 is 15.1 Å². The van der Waals surface area contributed by atoms with Gasteiger partial charge in [-0.3, -0.25) is 0 Å². The van der Waals surface area contributed by atoms with Crippen molar-refractivity contribution in [3.05, 3.63) is 47.8 Å². The van der Waals surface area contributed by atoms with Crippen LogP contribution in [0.3, 0.4) is 0 Å². The van der Waals surface area contributed by atoms with Crippen LogP contribution in [-0.4, -0.2) is 51.5 Å². The van der Waals surface area contributed by atoms with Gasteiger partial charge in [0.25, 0.3) is 0 Å². The van der Waals surface area contributed by atoms with Gasteiger partial charge in [-0.2, -0.15) is 0 Å². The number of benzene rings is 1. The van der Waals surface area contributed by atoms with Crippen LogP contribution in [0.15, 0.2) is 36.7 Å². The zero-order valence-electron chi connectivity index (χ0n) is 16.0. The zero-order chi connectivity index (χ0) is 19.8. The lowest BCUT2D eigenvalue weighted by atomic mass is 10.0. The lowest BCUT2D eigenvalue weighted by Crippen LogP contribution is -2.30. The van der Waals surface area contributed by atoms with E-state index >= 15 is 0 Å². The Hall–Kier alpha value is -2.61. The van der Waals surface area contributed by atoms with Crippen molar-refractivity contribution in [2.75, 3.05) is 31.2 Å². The van der Waals surface area contributed by atoms with Crippen molar-refractivity contribution in [2.24, 2.45) is 0 Å². The summed E-state index contributed by atoms with van der Waals surface area (Å²) < 4.78 is 0.969. The monoisotopic (exact) mass is 406 g/mol. The van der Waals surface area contributed by atoms with Gasteiger partial charge in [-0.15, -0.1) is 11.3 Å². The molecule has 0 unspecified atom stereocenters. The van der Waals surface area contributed by atoms with Crippen molar-refractivity contribution in [3.8, 4) is 11.3 Å². The van der Waals surface area contributed by atoms with Crippen LogP contribution < -0.4 is 4.90 Å². The highest BCUT2D eigenvalue weighted by Gasteiger charge is 2.25. The first-order valence-corrected chi connectivity index (χ1v) is 10.7. The van der Waals surface area contributed by atoms with E-state index in [9.17, 15) is 10.2 Å². The minimum atomic E-state index is 0.00218. The molecular weight excluding hydrogens is 384 g/mol. The van der Waals surface area contributed by atoms with Crippen LogP contribution in [0.2, 0.25) is 0 Å². The number of aromatic nitrogens is 3. The van der Waals surface area contributed by atoms with Gasteiger partial charge in [0.15, 0.2) is 0 Å². The van der Waals surface area contributed by atoms with E-state index in [0.29, 0.717) is 13.1 Å². The van der Waals surface area contributed by atoms with Crippen molar-refractivity contribution < 1.29 is 10.2 Å². The summed E-state index contributed by atoms with van der Waals surface area (Å²) >= 11 is 1.60. The minimum Gasteiger partial charge on any atom is -0.395 e. The number of anilines is 1. The van der Waals surface area contributed by atoms with Gasteiger partial charge in [0.1, 0.15) is 17.0 Å². The number of thiophene rings is 1. The smallest absolute Gasteiger partial charge is 0.150 e. The highest BCUT2D eigenvalue weighted by Crippen LogP contribution is 2.43. The van der Waals surface area contributed by atoms with Crippen molar-refractivity contribution in [3.63, 3.8) is 0 Å². The number of hydrogen-bond donors (Lipinski definition) is 2. The summed E-state index contributed by atoms with van der Waals surface area (Å²) in [6.07, 6.45) is 4.79. The number of hydrogen-bond acceptors (Lipinski definition) is 7. The van der Waals surface area contributed by atoms with Gasteiger partial charge in [-0.25, -0.2) is 15.0 Å². The number of aryl methyl sites for hydroxylation is 1. The van der Waals surface area contributed by atoms with E-state index in [4.69, 9.17) is 4.98 Å². The highest BCUT2D eigenvalue weighted by atomic mass is 32.1. The van der Waals surface area contributed by atoms with Gasteiger partial charge in [-0.1, -0.05) is 30.3 Å². The standard InChI is InChI=1S/C22H22N4O2S/c27-11-9-26(10-12-28)21-20-19(23-13-24-21)17-15-7-4-8-16(15)18(25-22(17)29-20)14-5-2-1-3-6-14/h1-3,5-6,13,27-28H,4,7-12H2. The number of rotatable bonds is 6. The van der Waals surface area contributed by atoms with Crippen LogP contribution in [0.1, 0.15) is 17.5 Å². The second-order valence-corrected chi connectivity index (χ2v) is 8.23. The van der Waals surface area contributed by atoms with E-state index in [0.717, 1.165) is 56.8 Å². The molecule has 0 saturated carbocycles. The van der Waals surface area contributed by atoms with Crippen molar-refractivity contribution in [2.45, 2.75) is 19.3 Å². The maximum atomic E-state index is 9.45. The molecule has 0 amide bonds. The van der Waals surface area contributed by atoms with Gasteiger partial charge in [-0.05, 0) is 30.4 Å². The zero-order valence-corrected chi connectivity index (χ0v) is 16.8.